The van der Waals surface area contributed by atoms with E-state index in [9.17, 15) is 4.79 Å². The summed E-state index contributed by atoms with van der Waals surface area (Å²) in [5, 5.41) is 0. The molecule has 2 aromatic rings. The Morgan fingerprint density at radius 3 is 2.71 bits per heavy atom. The molecule has 0 bridgehead atoms. The highest BCUT2D eigenvalue weighted by molar-refractivity contribution is 5.75. The lowest BCUT2D eigenvalue weighted by molar-refractivity contribution is 0.112. The molecule has 0 aliphatic rings. The molecule has 2 rings (SSSR count). The third kappa shape index (κ3) is 2.72. The molecule has 2 nitrogen and oxygen atoms in total. The highest BCUT2D eigenvalue weighted by Crippen LogP contribution is 2.21. The molecule has 0 aliphatic carbocycles. The lowest BCUT2D eigenvalue weighted by Gasteiger charge is -2.08. The van der Waals surface area contributed by atoms with Crippen molar-refractivity contribution in [3.63, 3.8) is 0 Å². The van der Waals surface area contributed by atoms with Crippen molar-refractivity contribution in [2.45, 2.75) is 6.42 Å². The fraction of sp³-hybridized carbons (Fsp3) is 0.133. The Bertz CT molecular complexity index is 518. The molecule has 0 atom stereocenters. The van der Waals surface area contributed by atoms with Crippen LogP contribution in [0.1, 0.15) is 21.5 Å². The smallest absolute Gasteiger partial charge is 0.150 e. The van der Waals surface area contributed by atoms with Crippen molar-refractivity contribution in [1.82, 2.24) is 0 Å². The molecule has 0 aliphatic heterocycles. The molecular weight excluding hydrogens is 212 g/mol. The number of para-hydroxylation sites is 1. The fourth-order valence-corrected chi connectivity index (χ4v) is 1.85. The topological polar surface area (TPSA) is 26.3 Å². The first kappa shape index (κ1) is 11.4. The number of ether oxygens (including phenoxy) is 1. The predicted molar refractivity (Wildman–Crippen MR) is 67.6 cm³/mol. The number of carbonyl (C=O) groups excluding carboxylic acids is 1. The van der Waals surface area contributed by atoms with E-state index in [1.807, 2.05) is 42.5 Å². The van der Waals surface area contributed by atoms with Crippen LogP contribution in [0.2, 0.25) is 0 Å². The molecule has 0 aromatic heterocycles. The lowest BCUT2D eigenvalue weighted by atomic mass is 10.0. The van der Waals surface area contributed by atoms with E-state index >= 15 is 0 Å². The van der Waals surface area contributed by atoms with Gasteiger partial charge in [0, 0.05) is 12.0 Å². The number of rotatable bonds is 4. The minimum absolute atomic E-state index is 0.706. The number of methoxy groups -OCH3 is 1. The van der Waals surface area contributed by atoms with Crippen LogP contribution in [0.4, 0.5) is 0 Å². The van der Waals surface area contributed by atoms with E-state index in [4.69, 9.17) is 4.74 Å². The van der Waals surface area contributed by atoms with E-state index in [1.54, 1.807) is 13.2 Å². The van der Waals surface area contributed by atoms with Crippen LogP contribution in [0, 0.1) is 0 Å². The molecule has 0 fully saturated rings. The Morgan fingerprint density at radius 1 is 1.12 bits per heavy atom. The first-order valence-corrected chi connectivity index (χ1v) is 5.49. The molecule has 86 valence electrons. The molecule has 0 N–H and O–H groups in total. The van der Waals surface area contributed by atoms with Crippen LogP contribution in [-0.4, -0.2) is 13.4 Å². The number of benzene rings is 2. The van der Waals surface area contributed by atoms with Gasteiger partial charge in [0.2, 0.25) is 0 Å². The van der Waals surface area contributed by atoms with Gasteiger partial charge in [-0.1, -0.05) is 36.4 Å². The van der Waals surface area contributed by atoms with Crippen molar-refractivity contribution in [2.75, 3.05) is 7.11 Å². The average molecular weight is 226 g/mol. The van der Waals surface area contributed by atoms with Gasteiger partial charge in [-0.2, -0.15) is 0 Å². The van der Waals surface area contributed by atoms with Gasteiger partial charge in [-0.05, 0) is 23.3 Å². The van der Waals surface area contributed by atoms with Gasteiger partial charge in [0.25, 0.3) is 0 Å². The van der Waals surface area contributed by atoms with Crippen LogP contribution in [0.15, 0.2) is 48.5 Å². The summed E-state index contributed by atoms with van der Waals surface area (Å²) in [6, 6.07) is 15.5. The Kier molecular flexibility index (Phi) is 3.55. The van der Waals surface area contributed by atoms with Crippen LogP contribution in [0.25, 0.3) is 0 Å². The standard InChI is InChI=1S/C15H14O2/c1-17-15-8-3-2-7-14(15)10-12-5-4-6-13(9-12)11-16/h2-9,11H,10H2,1H3. The van der Waals surface area contributed by atoms with Crippen LogP contribution < -0.4 is 4.74 Å². The van der Waals surface area contributed by atoms with Gasteiger partial charge >= 0.3 is 0 Å². The zero-order valence-electron chi connectivity index (χ0n) is 9.72. The van der Waals surface area contributed by atoms with E-state index in [2.05, 4.69) is 0 Å². The summed E-state index contributed by atoms with van der Waals surface area (Å²) < 4.78 is 5.30. The van der Waals surface area contributed by atoms with Gasteiger partial charge in [-0.15, -0.1) is 0 Å². The van der Waals surface area contributed by atoms with Gasteiger partial charge in [0.1, 0.15) is 12.0 Å². The highest BCUT2D eigenvalue weighted by atomic mass is 16.5. The quantitative estimate of drug-likeness (QED) is 0.749. The van der Waals surface area contributed by atoms with Crippen molar-refractivity contribution in [2.24, 2.45) is 0 Å². The molecule has 0 saturated heterocycles. The van der Waals surface area contributed by atoms with Gasteiger partial charge in [0.05, 0.1) is 7.11 Å². The number of hydrogen-bond donors (Lipinski definition) is 0. The summed E-state index contributed by atoms with van der Waals surface area (Å²) in [7, 11) is 1.67. The van der Waals surface area contributed by atoms with Crippen LogP contribution >= 0.6 is 0 Å². The van der Waals surface area contributed by atoms with Crippen LogP contribution in [-0.2, 0) is 6.42 Å². The maximum Gasteiger partial charge on any atom is 0.150 e. The van der Waals surface area contributed by atoms with Crippen molar-refractivity contribution in [3.05, 3.63) is 65.2 Å². The largest absolute Gasteiger partial charge is 0.496 e. The molecule has 2 heteroatoms. The van der Waals surface area contributed by atoms with E-state index in [1.165, 1.54) is 0 Å². The third-order valence-corrected chi connectivity index (χ3v) is 2.67. The second kappa shape index (κ2) is 5.30. The molecule has 0 radical (unpaired) electrons. The number of hydrogen-bond acceptors (Lipinski definition) is 2. The fourth-order valence-electron chi connectivity index (χ4n) is 1.85. The molecule has 0 saturated carbocycles. The van der Waals surface area contributed by atoms with Crippen molar-refractivity contribution in [1.29, 1.82) is 0 Å². The zero-order valence-corrected chi connectivity index (χ0v) is 9.72. The Balaban J connectivity index is 2.27. The summed E-state index contributed by atoms with van der Waals surface area (Å²) in [5.41, 5.74) is 2.94. The second-order valence-corrected chi connectivity index (χ2v) is 3.85. The first-order valence-electron chi connectivity index (χ1n) is 5.49. The van der Waals surface area contributed by atoms with Crippen molar-refractivity contribution in [3.8, 4) is 5.75 Å². The molecule has 0 unspecified atom stereocenters. The number of aldehydes is 1. The van der Waals surface area contributed by atoms with E-state index in [0.717, 1.165) is 29.6 Å². The van der Waals surface area contributed by atoms with Gasteiger partial charge in [0.15, 0.2) is 0 Å². The monoisotopic (exact) mass is 226 g/mol. The highest BCUT2D eigenvalue weighted by Gasteiger charge is 2.03. The Morgan fingerprint density at radius 2 is 1.94 bits per heavy atom. The van der Waals surface area contributed by atoms with Gasteiger partial charge in [-0.3, -0.25) is 4.79 Å². The summed E-state index contributed by atoms with van der Waals surface area (Å²) in [6.07, 6.45) is 1.64. The predicted octanol–water partition coefficient (Wildman–Crippen LogP) is 3.10. The molecular formula is C15H14O2. The van der Waals surface area contributed by atoms with Crippen LogP contribution in [0.5, 0.6) is 5.75 Å². The minimum atomic E-state index is 0.706. The van der Waals surface area contributed by atoms with E-state index < -0.39 is 0 Å². The molecule has 2 aromatic carbocycles. The lowest BCUT2D eigenvalue weighted by Crippen LogP contribution is -1.94. The normalized spacial score (nSPS) is 9.94. The molecule has 0 amide bonds. The van der Waals surface area contributed by atoms with Crippen LogP contribution in [0.3, 0.4) is 0 Å². The summed E-state index contributed by atoms with van der Waals surface area (Å²) in [6.45, 7) is 0. The summed E-state index contributed by atoms with van der Waals surface area (Å²) in [5.74, 6) is 0.879. The van der Waals surface area contributed by atoms with Crippen molar-refractivity contribution < 1.29 is 9.53 Å². The molecule has 17 heavy (non-hydrogen) atoms. The average Bonchev–Trinajstić information content (AvgIpc) is 2.39. The SMILES string of the molecule is COc1ccccc1Cc1cccc(C=O)c1. The maximum atomic E-state index is 10.7. The molecule has 0 heterocycles. The second-order valence-electron chi connectivity index (χ2n) is 3.85. The van der Waals surface area contributed by atoms with Gasteiger partial charge < -0.3 is 4.74 Å². The Hall–Kier alpha value is -2.09. The summed E-state index contributed by atoms with van der Waals surface area (Å²) >= 11 is 0. The van der Waals surface area contributed by atoms with E-state index in [0.29, 0.717) is 5.56 Å². The summed E-state index contributed by atoms with van der Waals surface area (Å²) in [4.78, 5) is 10.7. The zero-order chi connectivity index (χ0) is 12.1. The van der Waals surface area contributed by atoms with E-state index in [-0.39, 0.29) is 0 Å². The maximum absolute atomic E-state index is 10.7. The number of carbonyl (C=O) groups is 1. The van der Waals surface area contributed by atoms with Crippen molar-refractivity contribution >= 4 is 6.29 Å². The molecule has 0 spiro atoms. The third-order valence-electron chi connectivity index (χ3n) is 2.67. The minimum Gasteiger partial charge on any atom is -0.496 e. The first-order chi connectivity index (χ1) is 8.33. The van der Waals surface area contributed by atoms with Gasteiger partial charge in [-0.25, -0.2) is 0 Å². The Labute approximate surface area is 101 Å².